The highest BCUT2D eigenvalue weighted by Crippen LogP contribution is 2.13. The topological polar surface area (TPSA) is 41.9 Å². The molecule has 4 nitrogen and oxygen atoms in total. The number of amidine groups is 1. The van der Waals surface area contributed by atoms with Gasteiger partial charge in [0.05, 0.1) is 13.2 Å². The highest BCUT2D eigenvalue weighted by Gasteiger charge is 2.16. The molecule has 2 rings (SSSR count). The molecule has 0 aliphatic carbocycles. The lowest BCUT2D eigenvalue weighted by Gasteiger charge is -2.28. The van der Waals surface area contributed by atoms with Crippen LogP contribution in [0.25, 0.3) is 0 Å². The smallest absolute Gasteiger partial charge is 0.279 e. The minimum atomic E-state index is -0.178. The van der Waals surface area contributed by atoms with Gasteiger partial charge < -0.3 is 9.64 Å². The number of hydrogen-bond acceptors (Lipinski definition) is 3. The Hall–Kier alpha value is -1.33. The van der Waals surface area contributed by atoms with E-state index in [0.29, 0.717) is 18.8 Å². The molecule has 1 amide bonds. The van der Waals surface area contributed by atoms with Crippen LogP contribution in [0.1, 0.15) is 17.3 Å². The predicted molar refractivity (Wildman–Crippen MR) is 78.7 cm³/mol. The van der Waals surface area contributed by atoms with Crippen LogP contribution >= 0.6 is 11.8 Å². The van der Waals surface area contributed by atoms with Gasteiger partial charge in [-0.15, -0.1) is 0 Å². The normalized spacial score (nSPS) is 16.5. The van der Waals surface area contributed by atoms with Crippen molar-refractivity contribution in [3.63, 3.8) is 0 Å². The van der Waals surface area contributed by atoms with Gasteiger partial charge >= 0.3 is 0 Å². The third-order valence-electron chi connectivity index (χ3n) is 2.77. The Balaban J connectivity index is 2.13. The summed E-state index contributed by atoms with van der Waals surface area (Å²) in [5.74, 6) is 0.723. The van der Waals surface area contributed by atoms with Crippen molar-refractivity contribution in [3.05, 3.63) is 35.9 Å². The number of nitrogens with zero attached hydrogens (tertiary/aromatic N) is 2. The molecule has 102 valence electrons. The zero-order valence-corrected chi connectivity index (χ0v) is 11.9. The summed E-state index contributed by atoms with van der Waals surface area (Å²) in [7, 11) is 0. The lowest BCUT2D eigenvalue weighted by atomic mass is 10.2. The Kier molecular flexibility index (Phi) is 5.42. The Labute approximate surface area is 117 Å². The van der Waals surface area contributed by atoms with Gasteiger partial charge in [0.2, 0.25) is 0 Å². The first kappa shape index (κ1) is 14.1. The minimum Gasteiger partial charge on any atom is -0.378 e. The van der Waals surface area contributed by atoms with E-state index in [-0.39, 0.29) is 5.91 Å². The van der Waals surface area contributed by atoms with Gasteiger partial charge in [0.15, 0.2) is 5.17 Å². The number of amides is 1. The number of thioether (sulfide) groups is 1. The quantitative estimate of drug-likeness (QED) is 0.615. The molecule has 0 saturated carbocycles. The van der Waals surface area contributed by atoms with Crippen molar-refractivity contribution in [2.45, 2.75) is 6.92 Å². The number of benzene rings is 1. The number of rotatable bonds is 2. The molecule has 1 saturated heterocycles. The Morgan fingerprint density at radius 3 is 2.63 bits per heavy atom. The van der Waals surface area contributed by atoms with Gasteiger partial charge in [-0.1, -0.05) is 36.9 Å². The first-order valence-electron chi connectivity index (χ1n) is 6.45. The fourth-order valence-corrected chi connectivity index (χ4v) is 2.58. The number of carbonyl (C=O) groups excluding carboxylic acids is 1. The van der Waals surface area contributed by atoms with E-state index in [1.807, 2.05) is 18.2 Å². The van der Waals surface area contributed by atoms with E-state index in [9.17, 15) is 4.79 Å². The van der Waals surface area contributed by atoms with Crippen LogP contribution in [0, 0.1) is 0 Å². The summed E-state index contributed by atoms with van der Waals surface area (Å²) in [5.41, 5.74) is 0.630. The van der Waals surface area contributed by atoms with Gasteiger partial charge in [-0.3, -0.25) is 4.79 Å². The maximum atomic E-state index is 12.1. The second-order valence-corrected chi connectivity index (χ2v) is 5.33. The van der Waals surface area contributed by atoms with E-state index in [4.69, 9.17) is 4.74 Å². The van der Waals surface area contributed by atoms with Crippen LogP contribution in [0.4, 0.5) is 0 Å². The first-order chi connectivity index (χ1) is 9.31. The Morgan fingerprint density at radius 2 is 2.00 bits per heavy atom. The number of hydrogen-bond donors (Lipinski definition) is 0. The third-order valence-corrected chi connectivity index (χ3v) is 3.67. The lowest BCUT2D eigenvalue weighted by molar-refractivity contribution is 0.0689. The third kappa shape index (κ3) is 4.08. The zero-order valence-electron chi connectivity index (χ0n) is 11.0. The number of carbonyl (C=O) groups is 1. The Morgan fingerprint density at radius 1 is 1.32 bits per heavy atom. The SMILES string of the molecule is CCSC(=NC(=O)c1ccccc1)N1CCOCC1. The molecule has 1 aliphatic heterocycles. The molecule has 0 spiro atoms. The first-order valence-corrected chi connectivity index (χ1v) is 7.43. The molecular formula is C14H18N2O2S. The van der Waals surface area contributed by atoms with Crippen LogP contribution < -0.4 is 0 Å². The molecule has 19 heavy (non-hydrogen) atoms. The van der Waals surface area contributed by atoms with Crippen LogP contribution in [0.2, 0.25) is 0 Å². The lowest BCUT2D eigenvalue weighted by Crippen LogP contribution is -2.39. The van der Waals surface area contributed by atoms with Crippen molar-refractivity contribution in [2.24, 2.45) is 4.99 Å². The molecule has 1 aromatic carbocycles. The van der Waals surface area contributed by atoms with Crippen LogP contribution in [0.15, 0.2) is 35.3 Å². The molecule has 0 N–H and O–H groups in total. The number of morpholine rings is 1. The summed E-state index contributed by atoms with van der Waals surface area (Å²) in [5, 5.41) is 0.805. The fraction of sp³-hybridized carbons (Fsp3) is 0.429. The second kappa shape index (κ2) is 7.31. The molecule has 0 unspecified atom stereocenters. The summed E-state index contributed by atoms with van der Waals surface area (Å²) in [4.78, 5) is 18.5. The van der Waals surface area contributed by atoms with Gasteiger partial charge in [-0.2, -0.15) is 4.99 Å². The Bertz CT molecular complexity index is 442. The average molecular weight is 278 g/mol. The largest absolute Gasteiger partial charge is 0.378 e. The fourth-order valence-electron chi connectivity index (χ4n) is 1.81. The standard InChI is InChI=1S/C14H18N2O2S/c1-2-19-14(16-8-10-18-11-9-16)15-13(17)12-6-4-3-5-7-12/h3-7H,2,8-11H2,1H3. The van der Waals surface area contributed by atoms with Crippen LogP contribution in [0.5, 0.6) is 0 Å². The highest BCUT2D eigenvalue weighted by atomic mass is 32.2. The zero-order chi connectivity index (χ0) is 13.5. The van der Waals surface area contributed by atoms with Gasteiger partial charge in [-0.25, -0.2) is 0 Å². The minimum absolute atomic E-state index is 0.178. The molecule has 0 radical (unpaired) electrons. The summed E-state index contributed by atoms with van der Waals surface area (Å²) >= 11 is 1.61. The van der Waals surface area contributed by atoms with Gasteiger partial charge in [0.1, 0.15) is 0 Å². The summed E-state index contributed by atoms with van der Waals surface area (Å²) in [6.45, 7) is 5.06. The summed E-state index contributed by atoms with van der Waals surface area (Å²) < 4.78 is 5.33. The van der Waals surface area contributed by atoms with Crippen LogP contribution in [-0.4, -0.2) is 48.0 Å². The molecule has 0 bridgehead atoms. The van der Waals surface area contributed by atoms with E-state index < -0.39 is 0 Å². The molecular weight excluding hydrogens is 260 g/mol. The molecule has 1 aromatic rings. The van der Waals surface area contributed by atoms with E-state index >= 15 is 0 Å². The van der Waals surface area contributed by atoms with Gasteiger partial charge in [-0.05, 0) is 17.9 Å². The maximum absolute atomic E-state index is 12.1. The average Bonchev–Trinajstić information content (AvgIpc) is 2.48. The molecule has 0 aromatic heterocycles. The van der Waals surface area contributed by atoms with Crippen molar-refractivity contribution < 1.29 is 9.53 Å². The summed E-state index contributed by atoms with van der Waals surface area (Å²) in [6.07, 6.45) is 0. The highest BCUT2D eigenvalue weighted by molar-refractivity contribution is 8.13. The molecule has 0 atom stereocenters. The van der Waals surface area contributed by atoms with Gasteiger partial charge in [0, 0.05) is 18.7 Å². The van der Waals surface area contributed by atoms with Crippen LogP contribution in [0.3, 0.4) is 0 Å². The van der Waals surface area contributed by atoms with E-state index in [2.05, 4.69) is 16.8 Å². The van der Waals surface area contributed by atoms with E-state index in [1.165, 1.54) is 0 Å². The molecule has 1 heterocycles. The van der Waals surface area contributed by atoms with Crippen LogP contribution in [-0.2, 0) is 4.74 Å². The van der Waals surface area contributed by atoms with Gasteiger partial charge in [0.25, 0.3) is 5.91 Å². The summed E-state index contributed by atoms with van der Waals surface area (Å²) in [6, 6.07) is 9.18. The molecule has 1 aliphatic rings. The number of aliphatic imine (C=N–C) groups is 1. The van der Waals surface area contributed by atoms with Crippen molar-refractivity contribution in [1.82, 2.24) is 4.90 Å². The van der Waals surface area contributed by atoms with Crippen molar-refractivity contribution in [3.8, 4) is 0 Å². The van der Waals surface area contributed by atoms with E-state index in [0.717, 1.165) is 24.0 Å². The molecule has 1 fully saturated rings. The van der Waals surface area contributed by atoms with E-state index in [1.54, 1.807) is 23.9 Å². The predicted octanol–water partition coefficient (Wildman–Crippen LogP) is 2.27. The molecule has 5 heteroatoms. The van der Waals surface area contributed by atoms with Crippen molar-refractivity contribution >= 4 is 22.8 Å². The van der Waals surface area contributed by atoms with Crippen molar-refractivity contribution in [2.75, 3.05) is 32.1 Å². The maximum Gasteiger partial charge on any atom is 0.279 e. The second-order valence-electron chi connectivity index (χ2n) is 4.10. The monoisotopic (exact) mass is 278 g/mol. The van der Waals surface area contributed by atoms with Crippen molar-refractivity contribution in [1.29, 1.82) is 0 Å². The number of ether oxygens (including phenoxy) is 1.